The summed E-state index contributed by atoms with van der Waals surface area (Å²) in [5.74, 6) is 0.730. The summed E-state index contributed by atoms with van der Waals surface area (Å²) in [4.78, 5) is 32.0. The minimum Gasteiger partial charge on any atom is -0.493 e. The molecule has 278 valence electrons. The molecule has 2 N–H and O–H groups in total. The number of benzene rings is 1. The van der Waals surface area contributed by atoms with Crippen molar-refractivity contribution >= 4 is 33.5 Å². The number of halogens is 2. The van der Waals surface area contributed by atoms with Crippen LogP contribution in [0.5, 0.6) is 5.75 Å². The maximum absolute atomic E-state index is 15.1. The monoisotopic (exact) mass is 736 g/mol. The van der Waals surface area contributed by atoms with Crippen molar-refractivity contribution in [1.82, 2.24) is 20.0 Å². The Bertz CT molecular complexity index is 1490. The molecule has 50 heavy (non-hydrogen) atoms. The molecular weight excluding hydrogens is 683 g/mol. The maximum Gasteiger partial charge on any atom is 0.264 e. The third kappa shape index (κ3) is 9.79. The van der Waals surface area contributed by atoms with Gasteiger partial charge in [0.15, 0.2) is 0 Å². The molecule has 1 aromatic rings. The first kappa shape index (κ1) is 37.5. The fraction of sp³-hybridized carbons (Fsp3) is 0.730. The van der Waals surface area contributed by atoms with Crippen molar-refractivity contribution in [3.05, 3.63) is 41.2 Å². The number of piperidine rings is 1. The van der Waals surface area contributed by atoms with Crippen LogP contribution in [-0.2, 0) is 26.1 Å². The van der Waals surface area contributed by atoms with Gasteiger partial charge >= 0.3 is 0 Å². The highest BCUT2D eigenvalue weighted by atomic mass is 35.5. The Morgan fingerprint density at radius 1 is 1.02 bits per heavy atom. The van der Waals surface area contributed by atoms with Crippen LogP contribution >= 0.6 is 11.6 Å². The lowest BCUT2D eigenvalue weighted by molar-refractivity contribution is -0.139. The Morgan fingerprint density at radius 2 is 1.78 bits per heavy atom. The fourth-order valence-corrected chi connectivity index (χ4v) is 9.71. The van der Waals surface area contributed by atoms with Crippen LogP contribution in [0.1, 0.15) is 89.0 Å². The lowest BCUT2D eigenvalue weighted by Crippen LogP contribution is -2.53. The Balaban J connectivity index is 0.884. The molecule has 3 saturated heterocycles. The van der Waals surface area contributed by atoms with Crippen LogP contribution < -0.4 is 10.1 Å². The van der Waals surface area contributed by atoms with E-state index in [-0.39, 0.29) is 54.3 Å². The number of alkyl halides is 1. The summed E-state index contributed by atoms with van der Waals surface area (Å²) in [7, 11) is -4.03. The number of piperazine rings is 1. The molecule has 5 atom stereocenters. The first-order valence-corrected chi connectivity index (χ1v) is 20.8. The molecular formula is C37H54ClFN4O6S. The van der Waals surface area contributed by atoms with Gasteiger partial charge in [0.1, 0.15) is 11.6 Å². The Morgan fingerprint density at radius 3 is 2.50 bits per heavy atom. The summed E-state index contributed by atoms with van der Waals surface area (Å²) in [6, 6.07) is 4.59. The SMILES string of the molecule is O=C(CCCCS(=O)(=O)O)N1C[C@H]2C[C@@H]1CN2C(=O)Cc1ccc(OCCCC2CCN(C3NCC(Cl)CC/C=C4\CCCC43)CC2)cc1F. The second kappa shape index (κ2) is 17.1. The Kier molecular flexibility index (Phi) is 12.8. The van der Waals surface area contributed by atoms with Gasteiger partial charge < -0.3 is 14.5 Å². The number of fused-ring (bicyclic) bond motifs is 3. The molecule has 0 spiro atoms. The van der Waals surface area contributed by atoms with E-state index in [1.807, 2.05) is 0 Å². The van der Waals surface area contributed by atoms with E-state index in [0.717, 1.165) is 45.3 Å². The van der Waals surface area contributed by atoms with Crippen molar-refractivity contribution in [3.8, 4) is 5.75 Å². The topological polar surface area (TPSA) is 119 Å². The molecule has 1 aliphatic carbocycles. The van der Waals surface area contributed by atoms with E-state index in [4.69, 9.17) is 20.9 Å². The molecule has 0 radical (unpaired) electrons. The van der Waals surface area contributed by atoms with Gasteiger partial charge in [-0.2, -0.15) is 8.42 Å². The predicted octanol–water partition coefficient (Wildman–Crippen LogP) is 5.15. The van der Waals surface area contributed by atoms with Crippen molar-refractivity contribution in [2.75, 3.05) is 45.1 Å². The molecule has 3 unspecified atom stereocenters. The number of allylic oxidation sites excluding steroid dienone is 1. The number of carbonyl (C=O) groups excluding carboxylic acids is 2. The van der Waals surface area contributed by atoms with Gasteiger partial charge in [0, 0.05) is 43.4 Å². The second-order valence-corrected chi connectivity index (χ2v) is 17.3. The third-order valence-electron chi connectivity index (χ3n) is 11.6. The minimum absolute atomic E-state index is 0.0429. The van der Waals surface area contributed by atoms with Crippen LogP contribution in [0.25, 0.3) is 0 Å². The van der Waals surface area contributed by atoms with Gasteiger partial charge in [-0.05, 0) is 108 Å². The number of unbranched alkanes of at least 4 members (excludes halogenated alkanes) is 1. The van der Waals surface area contributed by atoms with Crippen molar-refractivity contribution < 1.29 is 31.7 Å². The lowest BCUT2D eigenvalue weighted by Gasteiger charge is -2.41. The summed E-state index contributed by atoms with van der Waals surface area (Å²) in [5.41, 5.74) is 1.97. The van der Waals surface area contributed by atoms with E-state index in [9.17, 15) is 18.0 Å². The van der Waals surface area contributed by atoms with E-state index in [1.165, 1.54) is 38.2 Å². The van der Waals surface area contributed by atoms with E-state index >= 15 is 4.39 Å². The molecule has 0 aromatic heterocycles. The van der Waals surface area contributed by atoms with Gasteiger partial charge in [-0.1, -0.05) is 17.7 Å². The number of rotatable bonds is 13. The summed E-state index contributed by atoms with van der Waals surface area (Å²) < 4.78 is 51.6. The summed E-state index contributed by atoms with van der Waals surface area (Å²) in [6.07, 6.45) is 14.6. The highest BCUT2D eigenvalue weighted by molar-refractivity contribution is 7.85. The van der Waals surface area contributed by atoms with E-state index in [1.54, 1.807) is 27.5 Å². The number of hydrogen-bond donors (Lipinski definition) is 2. The second-order valence-electron chi connectivity index (χ2n) is 15.1. The lowest BCUT2D eigenvalue weighted by atomic mass is 9.90. The third-order valence-corrected chi connectivity index (χ3v) is 12.8. The highest BCUT2D eigenvalue weighted by Gasteiger charge is 2.46. The summed E-state index contributed by atoms with van der Waals surface area (Å²) in [6.45, 7) is 4.46. The number of ether oxygens (including phenoxy) is 1. The molecule has 2 amide bonds. The molecule has 1 aromatic carbocycles. The number of nitrogens with zero attached hydrogens (tertiary/aromatic N) is 3. The van der Waals surface area contributed by atoms with Crippen LogP contribution in [0.15, 0.2) is 29.8 Å². The molecule has 4 fully saturated rings. The average Bonchev–Trinajstić information content (AvgIpc) is 3.84. The predicted molar refractivity (Wildman–Crippen MR) is 191 cm³/mol. The van der Waals surface area contributed by atoms with Gasteiger partial charge in [-0.25, -0.2) is 4.39 Å². The zero-order chi connectivity index (χ0) is 35.3. The zero-order valence-electron chi connectivity index (χ0n) is 29.1. The number of nitrogens with one attached hydrogen (secondary N) is 1. The van der Waals surface area contributed by atoms with Crippen LogP contribution in [0.4, 0.5) is 4.39 Å². The molecule has 1 saturated carbocycles. The van der Waals surface area contributed by atoms with Crippen molar-refractivity contribution in [2.45, 2.75) is 114 Å². The van der Waals surface area contributed by atoms with Gasteiger partial charge in [-0.3, -0.25) is 24.4 Å². The van der Waals surface area contributed by atoms with Gasteiger partial charge in [-0.15, -0.1) is 11.6 Å². The van der Waals surface area contributed by atoms with E-state index < -0.39 is 15.9 Å². The normalized spacial score (nSPS) is 28.9. The Labute approximate surface area is 301 Å². The van der Waals surface area contributed by atoms with Gasteiger partial charge in [0.2, 0.25) is 11.8 Å². The molecule has 6 rings (SSSR count). The van der Waals surface area contributed by atoms with E-state index in [2.05, 4.69) is 16.3 Å². The summed E-state index contributed by atoms with van der Waals surface area (Å²) in [5, 5.41) is 4.03. The first-order valence-electron chi connectivity index (χ1n) is 18.8. The molecule has 4 aliphatic heterocycles. The number of amides is 2. The van der Waals surface area contributed by atoms with Crippen molar-refractivity contribution in [2.24, 2.45) is 11.8 Å². The molecule has 13 heteroatoms. The van der Waals surface area contributed by atoms with Crippen LogP contribution in [0, 0.1) is 17.7 Å². The smallest absolute Gasteiger partial charge is 0.264 e. The zero-order valence-corrected chi connectivity index (χ0v) is 30.7. The van der Waals surface area contributed by atoms with Crippen LogP contribution in [0.3, 0.4) is 0 Å². The van der Waals surface area contributed by atoms with Crippen molar-refractivity contribution in [3.63, 3.8) is 0 Å². The molecule has 10 nitrogen and oxygen atoms in total. The number of likely N-dealkylation sites (tertiary alicyclic amines) is 3. The Hall–Kier alpha value is -2.25. The summed E-state index contributed by atoms with van der Waals surface area (Å²) >= 11 is 6.59. The quantitative estimate of drug-likeness (QED) is 0.124. The first-order chi connectivity index (χ1) is 24.0. The largest absolute Gasteiger partial charge is 0.493 e. The number of hydrogen-bond acceptors (Lipinski definition) is 7. The van der Waals surface area contributed by atoms with Crippen LogP contribution in [-0.4, -0.2) is 108 Å². The molecule has 2 bridgehead atoms. The maximum atomic E-state index is 15.1. The highest BCUT2D eigenvalue weighted by Crippen LogP contribution is 2.38. The van der Waals surface area contributed by atoms with Crippen molar-refractivity contribution in [1.29, 1.82) is 0 Å². The molecule has 5 aliphatic rings. The average molecular weight is 737 g/mol. The van der Waals surface area contributed by atoms with Gasteiger partial charge in [0.25, 0.3) is 10.1 Å². The number of carbonyl (C=O) groups is 2. The van der Waals surface area contributed by atoms with E-state index in [0.29, 0.717) is 61.9 Å². The standard InChI is InChI=1S/C37H54ClFN4O6S/c38-29-9-3-7-27-8-4-10-33(27)37(40-23-29)41-16-14-26(15-17-41)6-5-18-49-32-13-12-28(34(39)22-32)20-36(45)43-25-30-21-31(43)24-42(30)35(44)11-1-2-19-50(46,47)48/h7,12-13,22,26,29-31,33,37,40H,1-6,8-11,14-21,23-25H2,(H,46,47,48)/b27-7+/t29?,30-,31-,33?,37?/m1/s1. The van der Waals surface area contributed by atoms with Gasteiger partial charge in [0.05, 0.1) is 37.0 Å². The molecule has 4 heterocycles. The fourth-order valence-electron chi connectivity index (χ4n) is 8.93. The minimum atomic E-state index is -4.03. The van der Waals surface area contributed by atoms with Crippen LogP contribution in [0.2, 0.25) is 0 Å².